The van der Waals surface area contributed by atoms with Crippen molar-refractivity contribution in [2.45, 2.75) is 0 Å². The first-order valence-electron chi connectivity index (χ1n) is 8.63. The summed E-state index contributed by atoms with van der Waals surface area (Å²) in [5, 5.41) is 9.82. The van der Waals surface area contributed by atoms with Crippen LogP contribution < -0.4 is 4.90 Å². The first kappa shape index (κ1) is 15.9. The summed E-state index contributed by atoms with van der Waals surface area (Å²) < 4.78 is 11.0. The summed E-state index contributed by atoms with van der Waals surface area (Å²) in [6.45, 7) is 5.49. The largest absolute Gasteiger partial charge is 0.396 e. The first-order valence-corrected chi connectivity index (χ1v) is 8.63. The molecule has 3 aliphatic heterocycles. The van der Waals surface area contributed by atoms with Crippen molar-refractivity contribution < 1.29 is 19.4 Å². The lowest BCUT2D eigenvalue weighted by molar-refractivity contribution is 0.0630. The van der Waals surface area contributed by atoms with Crippen LogP contribution in [0.2, 0.25) is 0 Å². The Bertz CT molecular complexity index is 617. The van der Waals surface area contributed by atoms with Gasteiger partial charge in [0.1, 0.15) is 0 Å². The molecule has 1 aromatic carbocycles. The highest BCUT2D eigenvalue weighted by Crippen LogP contribution is 2.41. The van der Waals surface area contributed by atoms with Crippen molar-refractivity contribution in [2.75, 3.05) is 64.1 Å². The number of benzene rings is 1. The summed E-state index contributed by atoms with van der Waals surface area (Å²) >= 11 is 0. The molecule has 0 unspecified atom stereocenters. The zero-order valence-corrected chi connectivity index (χ0v) is 13.8. The molecule has 0 saturated carbocycles. The Hall–Kier alpha value is -1.63. The van der Waals surface area contributed by atoms with E-state index in [0.29, 0.717) is 39.5 Å². The Morgan fingerprint density at radius 2 is 2.04 bits per heavy atom. The minimum Gasteiger partial charge on any atom is -0.396 e. The number of morpholine rings is 1. The summed E-state index contributed by atoms with van der Waals surface area (Å²) in [7, 11) is 0. The van der Waals surface area contributed by atoms with E-state index >= 15 is 0 Å². The third-order valence-electron chi connectivity index (χ3n) is 5.61. The Kier molecular flexibility index (Phi) is 4.20. The average molecular weight is 332 g/mol. The van der Waals surface area contributed by atoms with Crippen LogP contribution in [0, 0.1) is 11.3 Å². The van der Waals surface area contributed by atoms with Crippen LogP contribution in [0.4, 0.5) is 5.69 Å². The lowest BCUT2D eigenvalue weighted by Crippen LogP contribution is -2.39. The van der Waals surface area contributed by atoms with Crippen molar-refractivity contribution >= 4 is 11.6 Å². The maximum Gasteiger partial charge on any atom is 0.255 e. The van der Waals surface area contributed by atoms with Crippen molar-refractivity contribution in [3.63, 3.8) is 0 Å². The number of fused-ring (bicyclic) bond motifs is 1. The molecule has 3 heterocycles. The van der Waals surface area contributed by atoms with Crippen molar-refractivity contribution in [1.82, 2.24) is 4.90 Å². The van der Waals surface area contributed by atoms with E-state index in [4.69, 9.17) is 9.47 Å². The fourth-order valence-corrected chi connectivity index (χ4v) is 4.12. The van der Waals surface area contributed by atoms with Crippen LogP contribution in [0.3, 0.4) is 0 Å². The van der Waals surface area contributed by atoms with Gasteiger partial charge < -0.3 is 24.4 Å². The van der Waals surface area contributed by atoms with Gasteiger partial charge in [0.15, 0.2) is 0 Å². The SMILES string of the molecule is O=C(c1ccccc1N1CCOCC1)N1C[C@H]2COC[C@@]2(CO)C1. The number of hydrogen-bond acceptors (Lipinski definition) is 5. The maximum atomic E-state index is 13.1. The van der Waals surface area contributed by atoms with Gasteiger partial charge in [-0.3, -0.25) is 4.79 Å². The minimum absolute atomic E-state index is 0.0549. The van der Waals surface area contributed by atoms with E-state index in [2.05, 4.69) is 4.90 Å². The highest BCUT2D eigenvalue weighted by molar-refractivity contribution is 6.00. The standard InChI is InChI=1S/C18H24N2O4/c21-12-18-11-20(9-14(18)10-24-13-18)17(22)15-3-1-2-4-16(15)19-5-7-23-8-6-19/h1-4,14,21H,5-13H2/t14-,18-/m0/s1. The number of aliphatic hydroxyl groups excluding tert-OH is 1. The monoisotopic (exact) mass is 332 g/mol. The van der Waals surface area contributed by atoms with Gasteiger partial charge in [0.05, 0.1) is 38.6 Å². The highest BCUT2D eigenvalue weighted by atomic mass is 16.5. The van der Waals surface area contributed by atoms with Gasteiger partial charge in [-0.2, -0.15) is 0 Å². The predicted octanol–water partition coefficient (Wildman–Crippen LogP) is 0.604. The number of likely N-dealkylation sites (tertiary alicyclic amines) is 1. The molecule has 3 saturated heterocycles. The summed E-state index contributed by atoms with van der Waals surface area (Å²) in [6.07, 6.45) is 0. The number of aliphatic hydroxyl groups is 1. The minimum atomic E-state index is -0.274. The summed E-state index contributed by atoms with van der Waals surface area (Å²) in [5.41, 5.74) is 1.45. The molecule has 130 valence electrons. The Labute approximate surface area is 141 Å². The van der Waals surface area contributed by atoms with Crippen molar-refractivity contribution in [2.24, 2.45) is 11.3 Å². The van der Waals surface area contributed by atoms with Crippen LogP contribution in [0.15, 0.2) is 24.3 Å². The van der Waals surface area contributed by atoms with E-state index in [1.807, 2.05) is 29.2 Å². The van der Waals surface area contributed by atoms with E-state index in [1.165, 1.54) is 0 Å². The van der Waals surface area contributed by atoms with Gasteiger partial charge in [0, 0.05) is 43.2 Å². The second-order valence-corrected chi connectivity index (χ2v) is 7.03. The van der Waals surface area contributed by atoms with Crippen molar-refractivity contribution in [3.8, 4) is 0 Å². The molecule has 0 bridgehead atoms. The first-order chi connectivity index (χ1) is 11.7. The molecule has 0 radical (unpaired) electrons. The molecule has 0 spiro atoms. The number of anilines is 1. The number of amides is 1. The number of carbonyl (C=O) groups is 1. The van der Waals surface area contributed by atoms with Gasteiger partial charge in [0.25, 0.3) is 5.91 Å². The predicted molar refractivity (Wildman–Crippen MR) is 89.2 cm³/mol. The molecular weight excluding hydrogens is 308 g/mol. The Morgan fingerprint density at radius 1 is 1.25 bits per heavy atom. The fraction of sp³-hybridized carbons (Fsp3) is 0.611. The molecule has 3 aliphatic rings. The van der Waals surface area contributed by atoms with Crippen LogP contribution >= 0.6 is 0 Å². The number of hydrogen-bond donors (Lipinski definition) is 1. The zero-order valence-electron chi connectivity index (χ0n) is 13.8. The number of carbonyl (C=O) groups excluding carboxylic acids is 1. The molecule has 1 N–H and O–H groups in total. The van der Waals surface area contributed by atoms with Crippen LogP contribution in [0.25, 0.3) is 0 Å². The van der Waals surface area contributed by atoms with Gasteiger partial charge >= 0.3 is 0 Å². The topological polar surface area (TPSA) is 62.2 Å². The van der Waals surface area contributed by atoms with E-state index in [1.54, 1.807) is 0 Å². The molecule has 3 fully saturated rings. The second-order valence-electron chi connectivity index (χ2n) is 7.03. The van der Waals surface area contributed by atoms with E-state index in [0.717, 1.165) is 24.3 Å². The molecule has 1 amide bonds. The van der Waals surface area contributed by atoms with Crippen LogP contribution in [0.5, 0.6) is 0 Å². The number of nitrogens with zero attached hydrogens (tertiary/aromatic N) is 2. The summed E-state index contributed by atoms with van der Waals surface area (Å²) in [6, 6.07) is 7.81. The van der Waals surface area contributed by atoms with E-state index in [-0.39, 0.29) is 23.8 Å². The molecule has 2 atom stereocenters. The highest BCUT2D eigenvalue weighted by Gasteiger charge is 2.51. The Balaban J connectivity index is 1.57. The van der Waals surface area contributed by atoms with Gasteiger partial charge in [-0.1, -0.05) is 12.1 Å². The van der Waals surface area contributed by atoms with Crippen LogP contribution in [-0.2, 0) is 9.47 Å². The third kappa shape index (κ3) is 2.59. The second kappa shape index (κ2) is 6.35. The molecular formula is C18H24N2O4. The fourth-order valence-electron chi connectivity index (χ4n) is 4.12. The summed E-state index contributed by atoms with van der Waals surface area (Å²) in [5.74, 6) is 0.293. The average Bonchev–Trinajstić information content (AvgIpc) is 3.19. The van der Waals surface area contributed by atoms with Gasteiger partial charge in [-0.25, -0.2) is 0 Å². The van der Waals surface area contributed by atoms with Gasteiger partial charge in [-0.05, 0) is 12.1 Å². The molecule has 1 aromatic rings. The van der Waals surface area contributed by atoms with Crippen molar-refractivity contribution in [3.05, 3.63) is 29.8 Å². The molecule has 24 heavy (non-hydrogen) atoms. The smallest absolute Gasteiger partial charge is 0.255 e. The molecule has 6 heteroatoms. The molecule has 0 aromatic heterocycles. The third-order valence-corrected chi connectivity index (χ3v) is 5.61. The van der Waals surface area contributed by atoms with Gasteiger partial charge in [0.2, 0.25) is 0 Å². The maximum absolute atomic E-state index is 13.1. The van der Waals surface area contributed by atoms with Gasteiger partial charge in [-0.15, -0.1) is 0 Å². The molecule has 6 nitrogen and oxygen atoms in total. The normalized spacial score (nSPS) is 29.8. The molecule has 0 aliphatic carbocycles. The van der Waals surface area contributed by atoms with Crippen molar-refractivity contribution in [1.29, 1.82) is 0 Å². The quantitative estimate of drug-likeness (QED) is 0.878. The molecule has 4 rings (SSSR count). The number of para-hydroxylation sites is 1. The Morgan fingerprint density at radius 3 is 2.79 bits per heavy atom. The number of ether oxygens (including phenoxy) is 2. The van der Waals surface area contributed by atoms with Crippen LogP contribution in [-0.4, -0.2) is 75.1 Å². The lowest BCUT2D eigenvalue weighted by Gasteiger charge is -2.31. The lowest BCUT2D eigenvalue weighted by atomic mass is 9.82. The number of rotatable bonds is 3. The van der Waals surface area contributed by atoms with E-state index in [9.17, 15) is 9.90 Å². The zero-order chi connectivity index (χ0) is 16.6. The van der Waals surface area contributed by atoms with E-state index < -0.39 is 0 Å². The van der Waals surface area contributed by atoms with Crippen LogP contribution in [0.1, 0.15) is 10.4 Å². The summed E-state index contributed by atoms with van der Waals surface area (Å²) in [4.78, 5) is 17.3.